The summed E-state index contributed by atoms with van der Waals surface area (Å²) >= 11 is 0. The molecule has 1 N–H and O–H groups in total. The number of urea groups is 1. The van der Waals surface area contributed by atoms with Crippen molar-refractivity contribution in [2.24, 2.45) is 5.92 Å². The molecule has 8 nitrogen and oxygen atoms in total. The zero-order valence-electron chi connectivity index (χ0n) is 17.3. The van der Waals surface area contributed by atoms with E-state index in [1.54, 1.807) is 4.90 Å². The van der Waals surface area contributed by atoms with Gasteiger partial charge in [0.1, 0.15) is 12.1 Å². The smallest absolute Gasteiger partial charge is 0.325 e. The van der Waals surface area contributed by atoms with Gasteiger partial charge in [-0.15, -0.1) is 0 Å². The number of nitrogens with zero attached hydrogens (tertiary/aromatic N) is 2. The van der Waals surface area contributed by atoms with E-state index in [9.17, 15) is 22.8 Å². The van der Waals surface area contributed by atoms with E-state index >= 15 is 0 Å². The van der Waals surface area contributed by atoms with Gasteiger partial charge in [-0.05, 0) is 36.3 Å². The molecular formula is C21H27N3O5S. The van der Waals surface area contributed by atoms with E-state index in [1.807, 2.05) is 38.1 Å². The number of rotatable bonds is 5. The van der Waals surface area contributed by atoms with Gasteiger partial charge in [-0.3, -0.25) is 14.5 Å². The summed E-state index contributed by atoms with van der Waals surface area (Å²) in [5, 5.41) is 2.82. The predicted molar refractivity (Wildman–Crippen MR) is 110 cm³/mol. The Morgan fingerprint density at radius 3 is 2.70 bits per heavy atom. The van der Waals surface area contributed by atoms with Gasteiger partial charge in [0, 0.05) is 12.6 Å². The Bertz CT molecular complexity index is 1010. The first-order chi connectivity index (χ1) is 14.1. The number of carbonyl (C=O) groups is 3. The van der Waals surface area contributed by atoms with E-state index in [0.717, 1.165) is 16.0 Å². The van der Waals surface area contributed by atoms with Crippen molar-refractivity contribution in [1.29, 1.82) is 0 Å². The number of hydrogen-bond donors (Lipinski definition) is 1. The molecule has 1 aromatic rings. The van der Waals surface area contributed by atoms with Crippen LogP contribution in [-0.2, 0) is 31.4 Å². The van der Waals surface area contributed by atoms with Crippen LogP contribution >= 0.6 is 0 Å². The van der Waals surface area contributed by atoms with Crippen molar-refractivity contribution in [2.75, 3.05) is 24.6 Å². The molecule has 9 heteroatoms. The Kier molecular flexibility index (Phi) is 5.12. The van der Waals surface area contributed by atoms with Crippen LogP contribution in [0.15, 0.2) is 24.3 Å². The second-order valence-corrected chi connectivity index (χ2v) is 11.1. The maximum Gasteiger partial charge on any atom is 0.325 e. The highest BCUT2D eigenvalue weighted by atomic mass is 32.2. The number of aryl methyl sites for hydroxylation is 1. The third-order valence-corrected chi connectivity index (χ3v) is 8.00. The highest BCUT2D eigenvalue weighted by Crippen LogP contribution is 2.41. The number of fused-ring (bicyclic) bond motifs is 2. The largest absolute Gasteiger partial charge is 0.337 e. The summed E-state index contributed by atoms with van der Waals surface area (Å²) in [4.78, 5) is 41.6. The lowest BCUT2D eigenvalue weighted by Crippen LogP contribution is -2.49. The molecule has 0 aromatic heterocycles. The molecule has 0 radical (unpaired) electrons. The van der Waals surface area contributed by atoms with Gasteiger partial charge in [0.15, 0.2) is 9.84 Å². The van der Waals surface area contributed by atoms with Crippen molar-refractivity contribution in [3.8, 4) is 0 Å². The Balaban J connectivity index is 1.55. The number of imide groups is 1. The summed E-state index contributed by atoms with van der Waals surface area (Å²) in [7, 11) is -3.16. The molecule has 30 heavy (non-hydrogen) atoms. The highest BCUT2D eigenvalue weighted by Gasteiger charge is 2.55. The van der Waals surface area contributed by atoms with Gasteiger partial charge in [0.2, 0.25) is 5.91 Å². The molecule has 4 amide bonds. The molecule has 2 fully saturated rings. The lowest BCUT2D eigenvalue weighted by Gasteiger charge is -2.31. The quantitative estimate of drug-likeness (QED) is 0.699. The first-order valence-corrected chi connectivity index (χ1v) is 12.2. The van der Waals surface area contributed by atoms with Crippen molar-refractivity contribution in [3.05, 3.63) is 35.4 Å². The Morgan fingerprint density at radius 1 is 1.30 bits per heavy atom. The van der Waals surface area contributed by atoms with Crippen LogP contribution in [-0.4, -0.2) is 66.7 Å². The normalized spacial score (nSPS) is 27.0. The molecule has 3 aliphatic rings. The fraction of sp³-hybridized carbons (Fsp3) is 0.571. The highest BCUT2D eigenvalue weighted by molar-refractivity contribution is 7.91. The lowest BCUT2D eigenvalue weighted by atomic mass is 9.92. The molecule has 162 valence electrons. The number of benzene rings is 1. The minimum Gasteiger partial charge on any atom is -0.337 e. The van der Waals surface area contributed by atoms with E-state index in [4.69, 9.17) is 0 Å². The first kappa shape index (κ1) is 20.8. The molecule has 2 atom stereocenters. The van der Waals surface area contributed by atoms with Gasteiger partial charge in [0.25, 0.3) is 5.91 Å². The standard InChI is InChI=1S/C21H27N3O5S/c1-14(2)11-23(16-8-10-30(28,29)13-16)18(25)12-24-19(26)21(22-20(24)27)9-7-15-5-3-4-6-17(15)21/h3-6,14,16H,7-13H2,1-2H3,(H,22,27)/t16-,21+/m1/s1. The minimum atomic E-state index is -3.16. The van der Waals surface area contributed by atoms with Gasteiger partial charge < -0.3 is 10.2 Å². The van der Waals surface area contributed by atoms with E-state index in [2.05, 4.69) is 5.32 Å². The first-order valence-electron chi connectivity index (χ1n) is 10.4. The molecule has 0 unspecified atom stereocenters. The molecule has 0 saturated carbocycles. The Hall–Kier alpha value is -2.42. The molecule has 1 aromatic carbocycles. The van der Waals surface area contributed by atoms with Gasteiger partial charge >= 0.3 is 6.03 Å². The average molecular weight is 434 g/mol. The van der Waals surface area contributed by atoms with Gasteiger partial charge in [-0.25, -0.2) is 13.2 Å². The zero-order valence-corrected chi connectivity index (χ0v) is 18.1. The number of amides is 4. The average Bonchev–Trinajstić information content (AvgIpc) is 3.30. The number of sulfone groups is 1. The van der Waals surface area contributed by atoms with E-state index < -0.39 is 39.3 Å². The van der Waals surface area contributed by atoms with Crippen molar-refractivity contribution in [1.82, 2.24) is 15.1 Å². The zero-order chi connectivity index (χ0) is 21.7. The third kappa shape index (κ3) is 3.49. The maximum atomic E-state index is 13.3. The van der Waals surface area contributed by atoms with Crippen LogP contribution in [0.2, 0.25) is 0 Å². The van der Waals surface area contributed by atoms with Crippen LogP contribution in [0.25, 0.3) is 0 Å². The van der Waals surface area contributed by atoms with E-state index in [-0.39, 0.29) is 24.0 Å². The Labute approximate surface area is 176 Å². The van der Waals surface area contributed by atoms with Crippen LogP contribution < -0.4 is 5.32 Å². The van der Waals surface area contributed by atoms with Crippen LogP contribution in [0.3, 0.4) is 0 Å². The fourth-order valence-electron chi connectivity index (χ4n) is 4.83. The van der Waals surface area contributed by atoms with Crippen molar-refractivity contribution < 1.29 is 22.8 Å². The second kappa shape index (κ2) is 7.37. The second-order valence-electron chi connectivity index (χ2n) is 8.88. The summed E-state index contributed by atoms with van der Waals surface area (Å²) in [6, 6.07) is 6.55. The molecule has 0 bridgehead atoms. The molecule has 1 spiro atoms. The SMILES string of the molecule is CC(C)CN(C(=O)CN1C(=O)N[C@]2(CCc3ccccc32)C1=O)[C@@H]1CCS(=O)(=O)C1. The fourth-order valence-corrected chi connectivity index (χ4v) is 6.56. The number of carbonyl (C=O) groups excluding carboxylic acids is 3. The van der Waals surface area contributed by atoms with Crippen LogP contribution in [0, 0.1) is 5.92 Å². The molecule has 4 rings (SSSR count). The lowest BCUT2D eigenvalue weighted by molar-refractivity contribution is -0.140. The third-order valence-electron chi connectivity index (χ3n) is 6.25. The minimum absolute atomic E-state index is 0.0581. The molecular weight excluding hydrogens is 406 g/mol. The molecule has 2 heterocycles. The van der Waals surface area contributed by atoms with E-state index in [0.29, 0.717) is 25.8 Å². The summed E-state index contributed by atoms with van der Waals surface area (Å²) in [6.07, 6.45) is 1.54. The van der Waals surface area contributed by atoms with Gasteiger partial charge in [-0.1, -0.05) is 38.1 Å². The summed E-state index contributed by atoms with van der Waals surface area (Å²) in [5.74, 6) is -0.675. The predicted octanol–water partition coefficient (Wildman–Crippen LogP) is 1.05. The van der Waals surface area contributed by atoms with Crippen molar-refractivity contribution >= 4 is 27.7 Å². The summed E-state index contributed by atoms with van der Waals surface area (Å²) in [5.41, 5.74) is 0.712. The number of nitrogens with one attached hydrogen (secondary N) is 1. The van der Waals surface area contributed by atoms with Gasteiger partial charge in [-0.2, -0.15) is 0 Å². The van der Waals surface area contributed by atoms with Crippen LogP contribution in [0.1, 0.15) is 37.8 Å². The molecule has 2 aliphatic heterocycles. The van der Waals surface area contributed by atoms with Crippen molar-refractivity contribution in [2.45, 2.75) is 44.7 Å². The molecule has 1 aliphatic carbocycles. The summed E-state index contributed by atoms with van der Waals surface area (Å²) in [6.45, 7) is 3.90. The topological polar surface area (TPSA) is 104 Å². The monoisotopic (exact) mass is 433 g/mol. The van der Waals surface area contributed by atoms with Crippen LogP contribution in [0.4, 0.5) is 4.79 Å². The molecule has 2 saturated heterocycles. The number of hydrogen-bond acceptors (Lipinski definition) is 5. The van der Waals surface area contributed by atoms with Crippen molar-refractivity contribution in [3.63, 3.8) is 0 Å². The summed E-state index contributed by atoms with van der Waals surface area (Å²) < 4.78 is 23.8. The Morgan fingerprint density at radius 2 is 2.03 bits per heavy atom. The van der Waals surface area contributed by atoms with E-state index in [1.165, 1.54) is 0 Å². The van der Waals surface area contributed by atoms with Gasteiger partial charge in [0.05, 0.1) is 11.5 Å². The maximum absolute atomic E-state index is 13.3. The van der Waals surface area contributed by atoms with Crippen LogP contribution in [0.5, 0.6) is 0 Å².